The van der Waals surface area contributed by atoms with Crippen LogP contribution in [0.5, 0.6) is 0 Å². The van der Waals surface area contributed by atoms with Gasteiger partial charge in [0, 0.05) is 6.04 Å². The van der Waals surface area contributed by atoms with Crippen LogP contribution in [0.15, 0.2) is 10.5 Å². The van der Waals surface area contributed by atoms with Crippen LogP contribution in [0.25, 0.3) is 0 Å². The Morgan fingerprint density at radius 2 is 2.11 bits per heavy atom. The van der Waals surface area contributed by atoms with E-state index in [2.05, 4.69) is 5.32 Å². The summed E-state index contributed by atoms with van der Waals surface area (Å²) in [5, 5.41) is 2.79. The highest BCUT2D eigenvalue weighted by Crippen LogP contribution is 2.19. The molecule has 1 aliphatic rings. The number of aryl methyl sites for hydroxylation is 2. The maximum atomic E-state index is 11.8. The highest BCUT2D eigenvalue weighted by molar-refractivity contribution is 5.93. The minimum atomic E-state index is -0.785. The zero-order chi connectivity index (χ0) is 13.3. The maximum absolute atomic E-state index is 11.8. The van der Waals surface area contributed by atoms with Crippen molar-refractivity contribution in [1.29, 1.82) is 0 Å². The summed E-state index contributed by atoms with van der Waals surface area (Å²) in [4.78, 5) is 23.5. The quantitative estimate of drug-likeness (QED) is 0.827. The fraction of sp³-hybridized carbons (Fsp3) is 0.538. The van der Waals surface area contributed by atoms with E-state index in [1.807, 2.05) is 0 Å². The van der Waals surface area contributed by atoms with Gasteiger partial charge in [0.25, 0.3) is 5.91 Å². The average Bonchev–Trinajstić information content (AvgIpc) is 3.02. The molecule has 1 heterocycles. The summed E-state index contributed by atoms with van der Waals surface area (Å²) in [6, 6.07) is 1.87. The SMILES string of the molecule is Cc1cc(C(=O)OC(C)C(=O)NC2CC2)c(C)o1. The van der Waals surface area contributed by atoms with Crippen molar-refractivity contribution in [2.75, 3.05) is 0 Å². The molecule has 1 amide bonds. The van der Waals surface area contributed by atoms with Crippen molar-refractivity contribution in [3.05, 3.63) is 23.2 Å². The summed E-state index contributed by atoms with van der Waals surface area (Å²) in [6.45, 7) is 5.02. The van der Waals surface area contributed by atoms with E-state index in [1.54, 1.807) is 26.8 Å². The lowest BCUT2D eigenvalue weighted by Crippen LogP contribution is -2.37. The van der Waals surface area contributed by atoms with Crippen LogP contribution in [0.2, 0.25) is 0 Å². The Balaban J connectivity index is 1.93. The molecule has 2 rings (SSSR count). The van der Waals surface area contributed by atoms with Gasteiger partial charge in [0.15, 0.2) is 6.10 Å². The smallest absolute Gasteiger partial charge is 0.342 e. The first-order valence-corrected chi connectivity index (χ1v) is 6.05. The van der Waals surface area contributed by atoms with Crippen LogP contribution in [-0.2, 0) is 9.53 Å². The van der Waals surface area contributed by atoms with Gasteiger partial charge in [0.05, 0.1) is 0 Å². The highest BCUT2D eigenvalue weighted by Gasteiger charge is 2.28. The lowest BCUT2D eigenvalue weighted by Gasteiger charge is -2.12. The Morgan fingerprint density at radius 3 is 2.61 bits per heavy atom. The number of hydrogen-bond donors (Lipinski definition) is 1. The summed E-state index contributed by atoms with van der Waals surface area (Å²) < 4.78 is 10.4. The van der Waals surface area contributed by atoms with E-state index in [0.29, 0.717) is 17.1 Å². The minimum absolute atomic E-state index is 0.247. The van der Waals surface area contributed by atoms with Gasteiger partial charge in [-0.25, -0.2) is 4.79 Å². The van der Waals surface area contributed by atoms with Gasteiger partial charge >= 0.3 is 5.97 Å². The van der Waals surface area contributed by atoms with Crippen LogP contribution < -0.4 is 5.32 Å². The second kappa shape index (κ2) is 4.84. The Labute approximate surface area is 105 Å². The molecule has 1 aliphatic carbocycles. The van der Waals surface area contributed by atoms with Crippen LogP contribution in [0.4, 0.5) is 0 Å². The zero-order valence-electron chi connectivity index (χ0n) is 10.8. The van der Waals surface area contributed by atoms with E-state index >= 15 is 0 Å². The van der Waals surface area contributed by atoms with Crippen molar-refractivity contribution in [3.63, 3.8) is 0 Å². The first-order valence-electron chi connectivity index (χ1n) is 6.05. The molecule has 0 radical (unpaired) electrons. The molecule has 0 saturated heterocycles. The molecule has 1 aromatic heterocycles. The molecule has 0 spiro atoms. The van der Waals surface area contributed by atoms with Crippen molar-refractivity contribution >= 4 is 11.9 Å². The standard InChI is InChI=1S/C13H17NO4/c1-7-6-11(8(2)17-7)13(16)18-9(3)12(15)14-10-4-5-10/h6,9-10H,4-5H2,1-3H3,(H,14,15). The average molecular weight is 251 g/mol. The van der Waals surface area contributed by atoms with Gasteiger partial charge in [-0.05, 0) is 39.7 Å². The molecule has 1 atom stereocenters. The van der Waals surface area contributed by atoms with E-state index in [-0.39, 0.29) is 11.9 Å². The van der Waals surface area contributed by atoms with E-state index in [0.717, 1.165) is 12.8 Å². The predicted octanol–water partition coefficient (Wildman–Crippen LogP) is 1.72. The molecule has 1 N–H and O–H groups in total. The van der Waals surface area contributed by atoms with Gasteiger partial charge in [0.1, 0.15) is 17.1 Å². The molecule has 1 aromatic rings. The second-order valence-corrected chi connectivity index (χ2v) is 4.66. The summed E-state index contributed by atoms with van der Waals surface area (Å²) in [5.41, 5.74) is 0.374. The largest absolute Gasteiger partial charge is 0.466 e. The van der Waals surface area contributed by atoms with E-state index in [4.69, 9.17) is 9.15 Å². The van der Waals surface area contributed by atoms with Crippen molar-refractivity contribution in [1.82, 2.24) is 5.32 Å². The molecule has 18 heavy (non-hydrogen) atoms. The molecule has 5 nitrogen and oxygen atoms in total. The molecule has 0 aliphatic heterocycles. The van der Waals surface area contributed by atoms with Gasteiger partial charge < -0.3 is 14.5 Å². The van der Waals surface area contributed by atoms with Crippen molar-refractivity contribution in [2.45, 2.75) is 45.8 Å². The van der Waals surface area contributed by atoms with Crippen LogP contribution in [-0.4, -0.2) is 24.0 Å². The first-order chi connectivity index (χ1) is 8.47. The van der Waals surface area contributed by atoms with Gasteiger partial charge in [-0.3, -0.25) is 4.79 Å². The number of ether oxygens (including phenoxy) is 1. The summed E-state index contributed by atoms with van der Waals surface area (Å²) in [6.07, 6.45) is 1.23. The van der Waals surface area contributed by atoms with Crippen molar-refractivity contribution < 1.29 is 18.7 Å². The lowest BCUT2D eigenvalue weighted by molar-refractivity contribution is -0.129. The maximum Gasteiger partial charge on any atom is 0.342 e. The van der Waals surface area contributed by atoms with Crippen LogP contribution >= 0.6 is 0 Å². The third-order valence-electron chi connectivity index (χ3n) is 2.84. The monoisotopic (exact) mass is 251 g/mol. The molecule has 98 valence electrons. The fourth-order valence-corrected chi connectivity index (χ4v) is 1.66. The number of nitrogens with one attached hydrogen (secondary N) is 1. The first kappa shape index (κ1) is 12.7. The third kappa shape index (κ3) is 2.91. The summed E-state index contributed by atoms with van der Waals surface area (Å²) in [7, 11) is 0. The molecule has 0 bridgehead atoms. The molecular weight excluding hydrogens is 234 g/mol. The minimum Gasteiger partial charge on any atom is -0.466 e. The van der Waals surface area contributed by atoms with Gasteiger partial charge in [-0.15, -0.1) is 0 Å². The number of amides is 1. The predicted molar refractivity (Wildman–Crippen MR) is 64.2 cm³/mol. The van der Waals surface area contributed by atoms with Crippen LogP contribution in [0.1, 0.15) is 41.6 Å². The Kier molecular flexibility index (Phi) is 3.41. The highest BCUT2D eigenvalue weighted by atomic mass is 16.5. The van der Waals surface area contributed by atoms with Crippen LogP contribution in [0, 0.1) is 13.8 Å². The summed E-state index contributed by atoms with van der Waals surface area (Å²) >= 11 is 0. The van der Waals surface area contributed by atoms with Gasteiger partial charge in [0.2, 0.25) is 0 Å². The molecule has 1 saturated carbocycles. The van der Waals surface area contributed by atoms with E-state index in [1.165, 1.54) is 0 Å². The molecule has 0 aromatic carbocycles. The Morgan fingerprint density at radius 1 is 1.44 bits per heavy atom. The molecule has 1 fully saturated rings. The zero-order valence-corrected chi connectivity index (χ0v) is 10.8. The summed E-state index contributed by atoms with van der Waals surface area (Å²) in [5.74, 6) is 0.383. The molecule has 5 heteroatoms. The molecule has 1 unspecified atom stereocenters. The lowest BCUT2D eigenvalue weighted by atomic mass is 10.2. The van der Waals surface area contributed by atoms with Crippen molar-refractivity contribution in [3.8, 4) is 0 Å². The number of carbonyl (C=O) groups is 2. The van der Waals surface area contributed by atoms with E-state index in [9.17, 15) is 9.59 Å². The van der Waals surface area contributed by atoms with Gasteiger partial charge in [-0.1, -0.05) is 0 Å². The number of hydrogen-bond acceptors (Lipinski definition) is 4. The number of furan rings is 1. The fourth-order valence-electron chi connectivity index (χ4n) is 1.66. The Bertz CT molecular complexity index is 473. The molecular formula is C13H17NO4. The second-order valence-electron chi connectivity index (χ2n) is 4.66. The van der Waals surface area contributed by atoms with E-state index < -0.39 is 12.1 Å². The topological polar surface area (TPSA) is 68.5 Å². The van der Waals surface area contributed by atoms with Crippen molar-refractivity contribution in [2.24, 2.45) is 0 Å². The number of esters is 1. The number of rotatable bonds is 4. The number of carbonyl (C=O) groups excluding carboxylic acids is 2. The van der Waals surface area contributed by atoms with Crippen LogP contribution in [0.3, 0.4) is 0 Å². The normalized spacial score (nSPS) is 16.2. The van der Waals surface area contributed by atoms with Gasteiger partial charge in [-0.2, -0.15) is 0 Å². The Hall–Kier alpha value is -1.78. The third-order valence-corrected chi connectivity index (χ3v) is 2.84.